The van der Waals surface area contributed by atoms with E-state index in [2.05, 4.69) is 21.4 Å². The number of aromatic nitrogens is 2. The van der Waals surface area contributed by atoms with Gasteiger partial charge in [0.2, 0.25) is 0 Å². The maximum atomic E-state index is 13.1. The van der Waals surface area contributed by atoms with Crippen LogP contribution in [0.2, 0.25) is 0 Å². The summed E-state index contributed by atoms with van der Waals surface area (Å²) >= 11 is 0. The number of pyridine rings is 2. The van der Waals surface area contributed by atoms with Gasteiger partial charge in [-0.2, -0.15) is 0 Å². The van der Waals surface area contributed by atoms with Crippen molar-refractivity contribution in [3.63, 3.8) is 0 Å². The number of likely N-dealkylation sites (tertiary alicyclic amines) is 1. The van der Waals surface area contributed by atoms with Crippen LogP contribution in [-0.2, 0) is 13.0 Å². The van der Waals surface area contributed by atoms with Crippen molar-refractivity contribution < 1.29 is 9.90 Å². The molecular formula is C27H26N4O2. The molecule has 6 nitrogen and oxygen atoms in total. The van der Waals surface area contributed by atoms with Crippen molar-refractivity contribution in [3.8, 4) is 0 Å². The average Bonchev–Trinajstić information content (AvgIpc) is 3.23. The molecule has 1 aliphatic rings. The summed E-state index contributed by atoms with van der Waals surface area (Å²) in [6.07, 6.45) is 5.53. The van der Waals surface area contributed by atoms with Crippen LogP contribution in [0.15, 0.2) is 85.3 Å². The fraction of sp³-hybridized carbons (Fsp3) is 0.222. The van der Waals surface area contributed by atoms with Crippen molar-refractivity contribution in [1.82, 2.24) is 14.9 Å². The second kappa shape index (κ2) is 9.38. The topological polar surface area (TPSA) is 78.4 Å². The number of carbonyl (C=O) groups is 1. The van der Waals surface area contributed by atoms with Crippen LogP contribution in [0.1, 0.15) is 21.5 Å². The predicted molar refractivity (Wildman–Crippen MR) is 129 cm³/mol. The lowest BCUT2D eigenvalue weighted by Crippen LogP contribution is -2.29. The first-order chi connectivity index (χ1) is 16.2. The van der Waals surface area contributed by atoms with E-state index in [4.69, 9.17) is 0 Å². The van der Waals surface area contributed by atoms with Gasteiger partial charge in [-0.05, 0) is 66.1 Å². The van der Waals surface area contributed by atoms with Gasteiger partial charge in [0, 0.05) is 60.8 Å². The van der Waals surface area contributed by atoms with Gasteiger partial charge < -0.3 is 15.3 Å². The number of hydrogen-bond donors (Lipinski definition) is 2. The molecule has 4 aromatic rings. The number of aliphatic hydroxyl groups is 1. The van der Waals surface area contributed by atoms with Crippen molar-refractivity contribution in [2.45, 2.75) is 19.1 Å². The molecule has 6 heteroatoms. The Labute approximate surface area is 192 Å². The number of rotatable bonds is 6. The molecule has 1 aliphatic heterocycles. The Bertz CT molecular complexity index is 1240. The number of nitrogens with one attached hydrogen (secondary N) is 1. The number of hydrogen-bond acceptors (Lipinski definition) is 5. The molecular weight excluding hydrogens is 412 g/mol. The van der Waals surface area contributed by atoms with E-state index in [1.807, 2.05) is 66.9 Å². The van der Waals surface area contributed by atoms with E-state index in [0.717, 1.165) is 27.7 Å². The Hall–Kier alpha value is -3.77. The Morgan fingerprint density at radius 3 is 2.58 bits per heavy atom. The van der Waals surface area contributed by atoms with Gasteiger partial charge in [0.1, 0.15) is 0 Å². The fourth-order valence-electron chi connectivity index (χ4n) is 4.45. The number of nitrogens with zero attached hydrogens (tertiary/aromatic N) is 3. The Balaban J connectivity index is 1.22. The number of carbonyl (C=O) groups excluding carboxylic acids is 1. The maximum Gasteiger partial charge on any atom is 0.253 e. The predicted octanol–water partition coefficient (Wildman–Crippen LogP) is 3.92. The summed E-state index contributed by atoms with van der Waals surface area (Å²) in [5, 5.41) is 15.1. The zero-order chi connectivity index (χ0) is 22.6. The smallest absolute Gasteiger partial charge is 0.253 e. The van der Waals surface area contributed by atoms with Gasteiger partial charge in [0.25, 0.3) is 5.91 Å². The molecule has 0 bridgehead atoms. The van der Waals surface area contributed by atoms with Crippen LogP contribution in [0.5, 0.6) is 0 Å². The number of β-amino-alcohol motifs (C(OH)–C–C–N with tert-alkyl or cyclic N) is 1. The molecule has 2 aromatic heterocycles. The molecule has 166 valence electrons. The number of anilines is 1. The minimum absolute atomic E-state index is 0.000980. The molecule has 2 atom stereocenters. The quantitative estimate of drug-likeness (QED) is 0.477. The number of aliphatic hydroxyl groups excluding tert-OH is 1. The van der Waals surface area contributed by atoms with E-state index in [1.165, 1.54) is 0 Å². The third-order valence-corrected chi connectivity index (χ3v) is 6.29. The summed E-state index contributed by atoms with van der Waals surface area (Å²) < 4.78 is 0. The molecule has 0 aliphatic carbocycles. The average molecular weight is 439 g/mol. The second-order valence-corrected chi connectivity index (χ2v) is 8.52. The molecule has 2 N–H and O–H groups in total. The van der Waals surface area contributed by atoms with Crippen LogP contribution in [0.3, 0.4) is 0 Å². The Morgan fingerprint density at radius 1 is 0.970 bits per heavy atom. The van der Waals surface area contributed by atoms with E-state index in [-0.39, 0.29) is 11.8 Å². The first-order valence-corrected chi connectivity index (χ1v) is 11.2. The number of fused-ring (bicyclic) bond motifs is 1. The molecule has 1 fully saturated rings. The summed E-state index contributed by atoms with van der Waals surface area (Å²) in [5.41, 5.74) is 4.83. The molecule has 0 radical (unpaired) electrons. The van der Waals surface area contributed by atoms with Gasteiger partial charge in [-0.3, -0.25) is 14.8 Å². The van der Waals surface area contributed by atoms with Gasteiger partial charge in [-0.1, -0.05) is 18.2 Å². The molecule has 1 saturated heterocycles. The van der Waals surface area contributed by atoms with Crippen LogP contribution in [0.4, 0.5) is 5.69 Å². The molecule has 5 rings (SSSR count). The van der Waals surface area contributed by atoms with Crippen molar-refractivity contribution in [2.75, 3.05) is 18.4 Å². The fourth-order valence-corrected chi connectivity index (χ4v) is 4.45. The minimum Gasteiger partial charge on any atom is -0.391 e. The summed E-state index contributed by atoms with van der Waals surface area (Å²) in [6, 6.07) is 21.5. The van der Waals surface area contributed by atoms with Crippen LogP contribution in [-0.4, -0.2) is 45.1 Å². The zero-order valence-corrected chi connectivity index (χ0v) is 18.3. The van der Waals surface area contributed by atoms with Crippen molar-refractivity contribution in [3.05, 3.63) is 102 Å². The SMILES string of the molecule is O=C(c1ccc(NCc2ccncc2)cc1)N1C[C@@H](Cc2ccnc3ccccc23)[C@@H](O)C1. The number of benzene rings is 2. The second-order valence-electron chi connectivity index (χ2n) is 8.52. The first-order valence-electron chi connectivity index (χ1n) is 11.2. The van der Waals surface area contributed by atoms with E-state index in [9.17, 15) is 9.90 Å². The van der Waals surface area contributed by atoms with E-state index >= 15 is 0 Å². The lowest BCUT2D eigenvalue weighted by atomic mass is 9.94. The Morgan fingerprint density at radius 2 is 1.76 bits per heavy atom. The Kier molecular flexibility index (Phi) is 6.00. The van der Waals surface area contributed by atoms with Gasteiger partial charge in [0.05, 0.1) is 11.6 Å². The van der Waals surface area contributed by atoms with E-state index in [1.54, 1.807) is 17.3 Å². The van der Waals surface area contributed by atoms with E-state index < -0.39 is 6.10 Å². The highest BCUT2D eigenvalue weighted by atomic mass is 16.3. The highest BCUT2D eigenvalue weighted by Gasteiger charge is 2.34. The third-order valence-electron chi connectivity index (χ3n) is 6.29. The maximum absolute atomic E-state index is 13.1. The van der Waals surface area contributed by atoms with Crippen LogP contribution < -0.4 is 5.32 Å². The molecule has 0 spiro atoms. The van der Waals surface area contributed by atoms with Gasteiger partial charge in [-0.15, -0.1) is 0 Å². The summed E-state index contributed by atoms with van der Waals surface area (Å²) in [5.74, 6) is -0.0436. The monoisotopic (exact) mass is 438 g/mol. The molecule has 33 heavy (non-hydrogen) atoms. The van der Waals surface area contributed by atoms with Crippen molar-refractivity contribution in [2.24, 2.45) is 5.92 Å². The normalized spacial score (nSPS) is 17.9. The number of para-hydroxylation sites is 1. The summed E-state index contributed by atoms with van der Waals surface area (Å²) in [7, 11) is 0. The zero-order valence-electron chi connectivity index (χ0n) is 18.3. The highest BCUT2D eigenvalue weighted by molar-refractivity contribution is 5.94. The molecule has 3 heterocycles. The van der Waals surface area contributed by atoms with Gasteiger partial charge in [-0.25, -0.2) is 0 Å². The molecule has 0 unspecified atom stereocenters. The molecule has 2 aromatic carbocycles. The highest BCUT2D eigenvalue weighted by Crippen LogP contribution is 2.26. The summed E-state index contributed by atoms with van der Waals surface area (Å²) in [6.45, 7) is 1.59. The lowest BCUT2D eigenvalue weighted by Gasteiger charge is -2.17. The largest absolute Gasteiger partial charge is 0.391 e. The first kappa shape index (κ1) is 21.1. The standard InChI is InChI=1S/C27H26N4O2/c32-26-18-31(17-22(26)15-21-11-14-29-25-4-2-1-3-24(21)25)27(33)20-5-7-23(8-6-20)30-16-19-9-12-28-13-10-19/h1-14,22,26,30,32H,15-18H2/t22-,26+/m1/s1. The van der Waals surface area contributed by atoms with Crippen LogP contribution >= 0.6 is 0 Å². The van der Waals surface area contributed by atoms with E-state index in [0.29, 0.717) is 31.6 Å². The minimum atomic E-state index is -0.540. The molecule has 0 saturated carbocycles. The van der Waals surface area contributed by atoms with Crippen molar-refractivity contribution in [1.29, 1.82) is 0 Å². The molecule has 1 amide bonds. The number of amides is 1. The van der Waals surface area contributed by atoms with Gasteiger partial charge in [0.15, 0.2) is 0 Å². The summed E-state index contributed by atoms with van der Waals surface area (Å²) in [4.78, 5) is 23.3. The van der Waals surface area contributed by atoms with Crippen LogP contribution in [0, 0.1) is 5.92 Å². The van der Waals surface area contributed by atoms with Crippen LogP contribution in [0.25, 0.3) is 10.9 Å². The lowest BCUT2D eigenvalue weighted by molar-refractivity contribution is 0.0764. The third kappa shape index (κ3) is 4.71. The van der Waals surface area contributed by atoms with Gasteiger partial charge >= 0.3 is 0 Å². The van der Waals surface area contributed by atoms with Crippen molar-refractivity contribution >= 4 is 22.5 Å².